The second kappa shape index (κ2) is 6.07. The second-order valence-corrected chi connectivity index (χ2v) is 4.58. The minimum absolute atomic E-state index is 0.00857. The zero-order valence-electron chi connectivity index (χ0n) is 10.6. The van der Waals surface area contributed by atoms with Crippen LogP contribution in [0.3, 0.4) is 0 Å². The fraction of sp³-hybridized carbons (Fsp3) is 0. The van der Waals surface area contributed by atoms with Gasteiger partial charge >= 0.3 is 5.97 Å². The first-order chi connectivity index (χ1) is 10.0. The first kappa shape index (κ1) is 14.6. The molecule has 0 aromatic heterocycles. The molecule has 0 spiro atoms. The molecule has 21 heavy (non-hydrogen) atoms. The number of carboxylic acid groups (broad SMARTS) is 1. The number of carbonyl (C=O) groups is 2. The third-order valence-electron chi connectivity index (χ3n) is 2.72. The normalized spacial score (nSPS) is 9.71. The molecular formula is C15H9ClN2O3. The Morgan fingerprint density at radius 3 is 2.52 bits per heavy atom. The molecule has 6 heteroatoms. The average Bonchev–Trinajstić information content (AvgIpc) is 2.47. The number of aromatic carboxylic acids is 1. The van der Waals surface area contributed by atoms with Gasteiger partial charge in [-0.3, -0.25) is 4.79 Å². The van der Waals surface area contributed by atoms with Crippen molar-refractivity contribution in [2.75, 3.05) is 5.32 Å². The van der Waals surface area contributed by atoms with Crippen LogP contribution in [0.2, 0.25) is 5.02 Å². The molecule has 2 aromatic carbocycles. The summed E-state index contributed by atoms with van der Waals surface area (Å²) < 4.78 is 0. The van der Waals surface area contributed by atoms with Crippen molar-refractivity contribution >= 4 is 29.2 Å². The first-order valence-corrected chi connectivity index (χ1v) is 6.23. The lowest BCUT2D eigenvalue weighted by molar-refractivity contribution is 0.0697. The summed E-state index contributed by atoms with van der Waals surface area (Å²) in [4.78, 5) is 23.0. The van der Waals surface area contributed by atoms with Crippen molar-refractivity contribution in [3.05, 3.63) is 64.2 Å². The van der Waals surface area contributed by atoms with Crippen molar-refractivity contribution in [1.82, 2.24) is 0 Å². The Kier molecular flexibility index (Phi) is 4.21. The minimum atomic E-state index is -1.12. The third kappa shape index (κ3) is 3.38. The number of benzene rings is 2. The zero-order chi connectivity index (χ0) is 15.4. The van der Waals surface area contributed by atoms with Gasteiger partial charge in [0.05, 0.1) is 16.8 Å². The number of hydrogen-bond donors (Lipinski definition) is 2. The van der Waals surface area contributed by atoms with Crippen LogP contribution in [0.5, 0.6) is 0 Å². The molecule has 0 aliphatic rings. The molecule has 0 fully saturated rings. The van der Waals surface area contributed by atoms with E-state index in [9.17, 15) is 9.59 Å². The molecule has 0 saturated carbocycles. The lowest BCUT2D eigenvalue weighted by Crippen LogP contribution is -2.13. The van der Waals surface area contributed by atoms with Crippen LogP contribution in [0.4, 0.5) is 5.69 Å². The molecule has 0 atom stereocenters. The highest BCUT2D eigenvalue weighted by molar-refractivity contribution is 6.31. The number of rotatable bonds is 3. The molecule has 0 saturated heterocycles. The zero-order valence-corrected chi connectivity index (χ0v) is 11.4. The number of anilines is 1. The number of carbonyl (C=O) groups excluding carboxylic acids is 1. The summed E-state index contributed by atoms with van der Waals surface area (Å²) in [6.07, 6.45) is 0. The Hall–Kier alpha value is -2.84. The fourth-order valence-corrected chi connectivity index (χ4v) is 1.88. The van der Waals surface area contributed by atoms with Crippen LogP contribution in [0, 0.1) is 11.3 Å². The van der Waals surface area contributed by atoms with Crippen LogP contribution in [-0.2, 0) is 0 Å². The topological polar surface area (TPSA) is 90.2 Å². The fourth-order valence-electron chi connectivity index (χ4n) is 1.71. The van der Waals surface area contributed by atoms with E-state index in [1.165, 1.54) is 36.4 Å². The predicted molar refractivity (Wildman–Crippen MR) is 77.5 cm³/mol. The Morgan fingerprint density at radius 2 is 1.86 bits per heavy atom. The van der Waals surface area contributed by atoms with Crippen molar-refractivity contribution in [3.63, 3.8) is 0 Å². The molecule has 1 amide bonds. The molecule has 0 aliphatic carbocycles. The maximum Gasteiger partial charge on any atom is 0.335 e. The lowest BCUT2D eigenvalue weighted by atomic mass is 10.1. The molecule has 104 valence electrons. The molecular weight excluding hydrogens is 292 g/mol. The highest BCUT2D eigenvalue weighted by Crippen LogP contribution is 2.21. The van der Waals surface area contributed by atoms with Crippen LogP contribution in [0.15, 0.2) is 42.5 Å². The van der Waals surface area contributed by atoms with Crippen molar-refractivity contribution in [2.24, 2.45) is 0 Å². The summed E-state index contributed by atoms with van der Waals surface area (Å²) in [5, 5.41) is 20.8. The SMILES string of the molecule is N#Cc1ccc(Cl)cc1NC(=O)c1cccc(C(=O)O)c1. The summed E-state index contributed by atoms with van der Waals surface area (Å²) in [6, 6.07) is 12.0. The third-order valence-corrected chi connectivity index (χ3v) is 2.96. The maximum absolute atomic E-state index is 12.1. The van der Waals surface area contributed by atoms with Crippen molar-refractivity contribution < 1.29 is 14.7 Å². The van der Waals surface area contributed by atoms with Gasteiger partial charge in [0.15, 0.2) is 0 Å². The summed E-state index contributed by atoms with van der Waals surface area (Å²) in [5.74, 6) is -1.64. The van der Waals surface area contributed by atoms with E-state index in [2.05, 4.69) is 5.32 Å². The van der Waals surface area contributed by atoms with Gasteiger partial charge in [-0.15, -0.1) is 0 Å². The number of halogens is 1. The Bertz CT molecular complexity index is 766. The summed E-state index contributed by atoms with van der Waals surface area (Å²) in [6.45, 7) is 0. The van der Waals surface area contributed by atoms with Crippen LogP contribution >= 0.6 is 11.6 Å². The smallest absolute Gasteiger partial charge is 0.335 e. The van der Waals surface area contributed by atoms with Gasteiger partial charge in [0.25, 0.3) is 5.91 Å². The van der Waals surface area contributed by atoms with E-state index in [0.29, 0.717) is 5.02 Å². The van der Waals surface area contributed by atoms with E-state index in [1.54, 1.807) is 6.07 Å². The van der Waals surface area contributed by atoms with Crippen LogP contribution in [0.25, 0.3) is 0 Å². The monoisotopic (exact) mass is 300 g/mol. The highest BCUT2D eigenvalue weighted by Gasteiger charge is 2.12. The van der Waals surface area contributed by atoms with Crippen LogP contribution in [0.1, 0.15) is 26.3 Å². The quantitative estimate of drug-likeness (QED) is 0.911. The number of carboxylic acids is 1. The van der Waals surface area contributed by atoms with E-state index in [4.69, 9.17) is 22.0 Å². The Labute approximate surface area is 125 Å². The molecule has 0 unspecified atom stereocenters. The first-order valence-electron chi connectivity index (χ1n) is 5.85. The molecule has 0 bridgehead atoms. The van der Waals surface area contributed by atoms with Crippen molar-refractivity contribution in [2.45, 2.75) is 0 Å². The number of nitrogens with one attached hydrogen (secondary N) is 1. The molecule has 2 rings (SSSR count). The van der Waals surface area contributed by atoms with Gasteiger partial charge in [0.2, 0.25) is 0 Å². The van der Waals surface area contributed by atoms with E-state index < -0.39 is 11.9 Å². The van der Waals surface area contributed by atoms with Gasteiger partial charge in [-0.1, -0.05) is 17.7 Å². The van der Waals surface area contributed by atoms with Crippen LogP contribution in [-0.4, -0.2) is 17.0 Å². The molecule has 2 N–H and O–H groups in total. The van der Waals surface area contributed by atoms with Crippen molar-refractivity contribution in [3.8, 4) is 6.07 Å². The van der Waals surface area contributed by atoms with Gasteiger partial charge in [0, 0.05) is 10.6 Å². The van der Waals surface area contributed by atoms with E-state index in [1.807, 2.05) is 6.07 Å². The summed E-state index contributed by atoms with van der Waals surface area (Å²) in [7, 11) is 0. The lowest BCUT2D eigenvalue weighted by Gasteiger charge is -2.08. The summed E-state index contributed by atoms with van der Waals surface area (Å²) >= 11 is 5.83. The minimum Gasteiger partial charge on any atom is -0.478 e. The average molecular weight is 301 g/mol. The predicted octanol–water partition coefficient (Wildman–Crippen LogP) is 3.16. The second-order valence-electron chi connectivity index (χ2n) is 4.14. The van der Waals surface area contributed by atoms with E-state index in [0.717, 1.165) is 0 Å². The molecule has 2 aromatic rings. The number of amides is 1. The van der Waals surface area contributed by atoms with E-state index >= 15 is 0 Å². The standard InChI is InChI=1S/C15H9ClN2O3/c16-12-5-4-11(8-17)13(7-12)18-14(19)9-2-1-3-10(6-9)15(20)21/h1-7H,(H,18,19)(H,20,21). The highest BCUT2D eigenvalue weighted by atomic mass is 35.5. The molecule has 0 radical (unpaired) electrons. The summed E-state index contributed by atoms with van der Waals surface area (Å²) in [5.41, 5.74) is 0.728. The van der Waals surface area contributed by atoms with Gasteiger partial charge in [-0.2, -0.15) is 5.26 Å². The molecule has 5 nitrogen and oxygen atoms in total. The Morgan fingerprint density at radius 1 is 1.14 bits per heavy atom. The number of nitrogens with zero attached hydrogens (tertiary/aromatic N) is 1. The van der Waals surface area contributed by atoms with Gasteiger partial charge < -0.3 is 10.4 Å². The van der Waals surface area contributed by atoms with Gasteiger partial charge in [-0.05, 0) is 36.4 Å². The number of nitriles is 1. The maximum atomic E-state index is 12.1. The largest absolute Gasteiger partial charge is 0.478 e. The van der Waals surface area contributed by atoms with Gasteiger partial charge in [-0.25, -0.2) is 4.79 Å². The van der Waals surface area contributed by atoms with Crippen LogP contribution < -0.4 is 5.32 Å². The number of hydrogen-bond acceptors (Lipinski definition) is 3. The van der Waals surface area contributed by atoms with Gasteiger partial charge in [0.1, 0.15) is 6.07 Å². The Balaban J connectivity index is 2.30. The molecule has 0 heterocycles. The van der Waals surface area contributed by atoms with Crippen molar-refractivity contribution in [1.29, 1.82) is 5.26 Å². The van der Waals surface area contributed by atoms with E-state index in [-0.39, 0.29) is 22.4 Å². The molecule has 0 aliphatic heterocycles.